The van der Waals surface area contributed by atoms with E-state index in [1.807, 2.05) is 0 Å². The molecule has 0 bridgehead atoms. The summed E-state index contributed by atoms with van der Waals surface area (Å²) >= 11 is 3.22. The van der Waals surface area contributed by atoms with Crippen LogP contribution in [0.4, 0.5) is 11.4 Å². The highest BCUT2D eigenvalue weighted by Gasteiger charge is 2.18. The van der Waals surface area contributed by atoms with E-state index in [4.69, 9.17) is 0 Å². The van der Waals surface area contributed by atoms with Crippen LogP contribution in [0.3, 0.4) is 0 Å². The monoisotopic (exact) mass is 302 g/mol. The Balaban J connectivity index is 3.04. The van der Waals surface area contributed by atoms with Crippen molar-refractivity contribution in [3.05, 3.63) is 32.3 Å². The van der Waals surface area contributed by atoms with Gasteiger partial charge in [-0.2, -0.15) is 0 Å². The van der Waals surface area contributed by atoms with E-state index in [1.54, 1.807) is 13.0 Å². The van der Waals surface area contributed by atoms with E-state index in [1.165, 1.54) is 13.2 Å². The zero-order valence-electron chi connectivity index (χ0n) is 9.32. The van der Waals surface area contributed by atoms with E-state index in [9.17, 15) is 14.9 Å². The first-order valence-electron chi connectivity index (χ1n) is 4.71. The summed E-state index contributed by atoms with van der Waals surface area (Å²) in [5.41, 5.74) is 0.943. The molecule has 1 aromatic rings. The van der Waals surface area contributed by atoms with E-state index < -0.39 is 10.9 Å². The average Bonchev–Trinajstić information content (AvgIpc) is 2.26. The second-order valence-electron chi connectivity index (χ2n) is 3.33. The van der Waals surface area contributed by atoms with Crippen molar-refractivity contribution in [3.63, 3.8) is 0 Å². The van der Waals surface area contributed by atoms with Gasteiger partial charge >= 0.3 is 5.97 Å². The minimum atomic E-state index is -0.503. The number of esters is 1. The van der Waals surface area contributed by atoms with Crippen molar-refractivity contribution in [1.29, 1.82) is 0 Å². The lowest BCUT2D eigenvalue weighted by Crippen LogP contribution is -2.16. The minimum absolute atomic E-state index is 0.0826. The van der Waals surface area contributed by atoms with E-state index in [0.29, 0.717) is 4.47 Å². The summed E-state index contributed by atoms with van der Waals surface area (Å²) in [5, 5.41) is 13.5. The molecule has 7 heteroatoms. The predicted molar refractivity (Wildman–Crippen MR) is 66.0 cm³/mol. The van der Waals surface area contributed by atoms with Gasteiger partial charge in [0, 0.05) is 10.5 Å². The zero-order chi connectivity index (χ0) is 13.0. The van der Waals surface area contributed by atoms with Gasteiger partial charge in [0.15, 0.2) is 0 Å². The molecule has 0 heterocycles. The van der Waals surface area contributed by atoms with Crippen LogP contribution in [0.2, 0.25) is 0 Å². The van der Waals surface area contributed by atoms with Gasteiger partial charge in [-0.1, -0.05) is 0 Å². The van der Waals surface area contributed by atoms with Crippen molar-refractivity contribution in [3.8, 4) is 0 Å². The van der Waals surface area contributed by atoms with E-state index in [2.05, 4.69) is 26.0 Å². The number of carbonyl (C=O) groups excluding carboxylic acids is 1. The Morgan fingerprint density at radius 1 is 1.59 bits per heavy atom. The molecule has 92 valence electrons. The van der Waals surface area contributed by atoms with E-state index in [-0.39, 0.29) is 17.9 Å². The number of hydrogen-bond acceptors (Lipinski definition) is 5. The smallest absolute Gasteiger partial charge is 0.325 e. The number of methoxy groups -OCH3 is 1. The van der Waals surface area contributed by atoms with Crippen molar-refractivity contribution in [1.82, 2.24) is 0 Å². The molecule has 0 amide bonds. The summed E-state index contributed by atoms with van der Waals surface area (Å²) < 4.78 is 4.98. The van der Waals surface area contributed by atoms with Gasteiger partial charge < -0.3 is 10.1 Å². The number of hydrogen-bond donors (Lipinski definition) is 1. The third-order valence-electron chi connectivity index (χ3n) is 2.05. The number of rotatable bonds is 4. The lowest BCUT2D eigenvalue weighted by Gasteiger charge is -2.08. The third-order valence-corrected chi connectivity index (χ3v) is 2.67. The first kappa shape index (κ1) is 13.4. The fourth-order valence-electron chi connectivity index (χ4n) is 1.28. The molecule has 0 aromatic heterocycles. The lowest BCUT2D eigenvalue weighted by atomic mass is 10.2. The molecule has 1 rings (SSSR count). The van der Waals surface area contributed by atoms with Crippen molar-refractivity contribution in [2.75, 3.05) is 19.0 Å². The van der Waals surface area contributed by atoms with Gasteiger partial charge in [0.05, 0.1) is 12.0 Å². The molecule has 1 N–H and O–H groups in total. The highest BCUT2D eigenvalue weighted by Crippen LogP contribution is 2.33. The number of ether oxygens (including phenoxy) is 1. The summed E-state index contributed by atoms with van der Waals surface area (Å²) in [6.07, 6.45) is 0. The van der Waals surface area contributed by atoms with Crippen LogP contribution < -0.4 is 5.32 Å². The van der Waals surface area contributed by atoms with Crippen molar-refractivity contribution in [2.24, 2.45) is 0 Å². The highest BCUT2D eigenvalue weighted by molar-refractivity contribution is 9.10. The second kappa shape index (κ2) is 5.62. The topological polar surface area (TPSA) is 81.5 Å². The number of halogens is 1. The van der Waals surface area contributed by atoms with Crippen LogP contribution >= 0.6 is 15.9 Å². The van der Waals surface area contributed by atoms with Crippen molar-refractivity contribution >= 4 is 33.3 Å². The Morgan fingerprint density at radius 2 is 2.24 bits per heavy atom. The number of carbonyl (C=O) groups is 1. The summed E-state index contributed by atoms with van der Waals surface area (Å²) in [6, 6.07) is 3.16. The fourth-order valence-corrected chi connectivity index (χ4v) is 1.98. The number of nitrogens with one attached hydrogen (secondary N) is 1. The van der Waals surface area contributed by atoms with Crippen molar-refractivity contribution in [2.45, 2.75) is 6.92 Å². The Kier molecular flexibility index (Phi) is 4.45. The highest BCUT2D eigenvalue weighted by atomic mass is 79.9. The van der Waals surface area contributed by atoms with Crippen LogP contribution in [0.1, 0.15) is 5.56 Å². The molecule has 0 fully saturated rings. The first-order valence-corrected chi connectivity index (χ1v) is 5.50. The SMILES string of the molecule is COC(=O)CNc1c(Br)cc(C)cc1[N+](=O)[O-]. The van der Waals surface area contributed by atoms with Crippen LogP contribution in [-0.4, -0.2) is 24.5 Å². The molecule has 0 aliphatic carbocycles. The van der Waals surface area contributed by atoms with Gasteiger partial charge in [-0.05, 0) is 34.5 Å². The van der Waals surface area contributed by atoms with Crippen LogP contribution in [0.5, 0.6) is 0 Å². The molecule has 0 aliphatic rings. The number of nitro groups is 1. The summed E-state index contributed by atoms with van der Waals surface area (Å²) in [6.45, 7) is 1.63. The normalized spacial score (nSPS) is 9.82. The molecular formula is C10H11BrN2O4. The second-order valence-corrected chi connectivity index (χ2v) is 4.18. The van der Waals surface area contributed by atoms with Gasteiger partial charge in [-0.3, -0.25) is 14.9 Å². The molecule has 0 radical (unpaired) electrons. The molecule has 0 atom stereocenters. The van der Waals surface area contributed by atoms with Crippen molar-refractivity contribution < 1.29 is 14.5 Å². The average molecular weight is 303 g/mol. The van der Waals surface area contributed by atoms with Crippen LogP contribution in [0, 0.1) is 17.0 Å². The van der Waals surface area contributed by atoms with Gasteiger partial charge in [-0.25, -0.2) is 0 Å². The summed E-state index contributed by atoms with van der Waals surface area (Å²) in [7, 11) is 1.25. The maximum atomic E-state index is 11.0. The zero-order valence-corrected chi connectivity index (χ0v) is 10.9. The molecule has 0 spiro atoms. The Morgan fingerprint density at radius 3 is 2.76 bits per heavy atom. The number of aryl methyl sites for hydroxylation is 1. The number of nitro benzene ring substituents is 1. The van der Waals surface area contributed by atoms with Gasteiger partial charge in [0.2, 0.25) is 0 Å². The van der Waals surface area contributed by atoms with Gasteiger partial charge in [-0.15, -0.1) is 0 Å². The molecule has 1 aromatic carbocycles. The quantitative estimate of drug-likeness (QED) is 0.524. The maximum absolute atomic E-state index is 11.0. The number of nitrogens with zero attached hydrogens (tertiary/aromatic N) is 1. The molecular weight excluding hydrogens is 292 g/mol. The molecule has 0 unspecified atom stereocenters. The Labute approximate surface area is 106 Å². The molecule has 0 saturated heterocycles. The third kappa shape index (κ3) is 3.42. The number of benzene rings is 1. The summed E-state index contributed by atoms with van der Waals surface area (Å²) in [5.74, 6) is -0.494. The number of anilines is 1. The van der Waals surface area contributed by atoms with E-state index >= 15 is 0 Å². The van der Waals surface area contributed by atoms with Crippen LogP contribution in [0.15, 0.2) is 16.6 Å². The lowest BCUT2D eigenvalue weighted by molar-refractivity contribution is -0.384. The Hall–Kier alpha value is -1.63. The predicted octanol–water partition coefficient (Wildman–Crippen LogP) is 2.25. The largest absolute Gasteiger partial charge is 0.468 e. The van der Waals surface area contributed by atoms with Crippen LogP contribution in [-0.2, 0) is 9.53 Å². The standard InChI is InChI=1S/C10H11BrN2O4/c1-6-3-7(11)10(8(4-6)13(15)16)12-5-9(14)17-2/h3-4,12H,5H2,1-2H3. The first-order chi connectivity index (χ1) is 7.95. The molecule has 17 heavy (non-hydrogen) atoms. The molecule has 0 saturated carbocycles. The van der Waals surface area contributed by atoms with Gasteiger partial charge in [0.1, 0.15) is 12.2 Å². The van der Waals surface area contributed by atoms with E-state index in [0.717, 1.165) is 5.56 Å². The fraction of sp³-hybridized carbons (Fsp3) is 0.300. The molecule has 6 nitrogen and oxygen atoms in total. The molecule has 0 aliphatic heterocycles. The van der Waals surface area contributed by atoms with Gasteiger partial charge in [0.25, 0.3) is 5.69 Å². The Bertz CT molecular complexity index is 462. The minimum Gasteiger partial charge on any atom is -0.468 e. The summed E-state index contributed by atoms with van der Waals surface area (Å²) in [4.78, 5) is 21.3. The van der Waals surface area contributed by atoms with Crippen LogP contribution in [0.25, 0.3) is 0 Å². The maximum Gasteiger partial charge on any atom is 0.325 e.